The zero-order chi connectivity index (χ0) is 25.0. The van der Waals surface area contributed by atoms with Crippen molar-refractivity contribution in [3.05, 3.63) is 29.8 Å². The summed E-state index contributed by atoms with van der Waals surface area (Å²) in [7, 11) is 1.57. The zero-order valence-electron chi connectivity index (χ0n) is 20.5. The fourth-order valence-electron chi connectivity index (χ4n) is 3.86. The van der Waals surface area contributed by atoms with Crippen LogP contribution in [0.15, 0.2) is 18.3 Å². The van der Waals surface area contributed by atoms with Crippen LogP contribution in [0.4, 0.5) is 5.95 Å². The Morgan fingerprint density at radius 3 is 2.77 bits per heavy atom. The minimum atomic E-state index is -1.10. The third-order valence-electron chi connectivity index (χ3n) is 6.28. The molecule has 0 aliphatic carbocycles. The van der Waals surface area contributed by atoms with E-state index in [1.165, 1.54) is 0 Å². The van der Waals surface area contributed by atoms with E-state index < -0.39 is 17.6 Å². The van der Waals surface area contributed by atoms with Crippen molar-refractivity contribution in [3.63, 3.8) is 0 Å². The predicted molar refractivity (Wildman–Crippen MR) is 129 cm³/mol. The number of ether oxygens (including phenoxy) is 2. The number of hydrogen-bond donors (Lipinski definition) is 3. The molecule has 12 heteroatoms. The fourth-order valence-corrected chi connectivity index (χ4v) is 3.86. The number of fused-ring (bicyclic) bond motifs is 1. The van der Waals surface area contributed by atoms with E-state index >= 15 is 0 Å². The summed E-state index contributed by atoms with van der Waals surface area (Å²) in [6, 6.07) is 3.49. The Labute approximate surface area is 203 Å². The van der Waals surface area contributed by atoms with E-state index in [0.717, 1.165) is 29.6 Å². The van der Waals surface area contributed by atoms with E-state index in [1.54, 1.807) is 34.1 Å². The van der Waals surface area contributed by atoms with Gasteiger partial charge in [-0.1, -0.05) is 0 Å². The smallest absolute Gasteiger partial charge is 0.322 e. The fraction of sp³-hybridized carbons (Fsp3) is 0.565. The van der Waals surface area contributed by atoms with Gasteiger partial charge in [-0.15, -0.1) is 0 Å². The second-order valence-corrected chi connectivity index (χ2v) is 9.20. The van der Waals surface area contributed by atoms with Crippen molar-refractivity contribution in [2.24, 2.45) is 0 Å². The van der Waals surface area contributed by atoms with Gasteiger partial charge < -0.3 is 24.8 Å². The van der Waals surface area contributed by atoms with Crippen LogP contribution in [0.25, 0.3) is 11.0 Å². The van der Waals surface area contributed by atoms with Gasteiger partial charge in [0.1, 0.15) is 6.61 Å². The van der Waals surface area contributed by atoms with E-state index in [-0.39, 0.29) is 18.4 Å². The molecule has 0 aromatic carbocycles. The molecule has 1 saturated heterocycles. The molecule has 0 spiro atoms. The van der Waals surface area contributed by atoms with E-state index in [1.807, 2.05) is 17.0 Å². The zero-order valence-corrected chi connectivity index (χ0v) is 20.5. The van der Waals surface area contributed by atoms with E-state index in [0.29, 0.717) is 31.6 Å². The number of aromatic nitrogens is 6. The molecule has 1 atom stereocenters. The molecule has 12 nitrogen and oxygen atoms in total. The molecule has 3 aromatic heterocycles. The van der Waals surface area contributed by atoms with Crippen LogP contribution in [0.5, 0.6) is 6.01 Å². The molecule has 3 aromatic rings. The number of carbonyl (C=O) groups is 1. The second kappa shape index (κ2) is 10.5. The normalized spacial score (nSPS) is 15.9. The van der Waals surface area contributed by atoms with Crippen LogP contribution < -0.4 is 15.0 Å². The number of piperidine rings is 1. The van der Waals surface area contributed by atoms with Crippen molar-refractivity contribution >= 4 is 22.9 Å². The number of pyridine rings is 1. The van der Waals surface area contributed by atoms with Crippen LogP contribution in [0, 0.1) is 0 Å². The molecule has 4 heterocycles. The summed E-state index contributed by atoms with van der Waals surface area (Å²) in [5.74, 6) is 0.107. The van der Waals surface area contributed by atoms with Crippen molar-refractivity contribution < 1.29 is 19.4 Å². The van der Waals surface area contributed by atoms with Crippen molar-refractivity contribution in [2.75, 3.05) is 38.3 Å². The van der Waals surface area contributed by atoms with E-state index in [4.69, 9.17) is 9.47 Å². The Hall–Kier alpha value is -3.38. The number of aliphatic hydroxyl groups is 1. The summed E-state index contributed by atoms with van der Waals surface area (Å²) in [6.07, 6.45) is 3.45. The standard InChI is InChI=1S/C23H32N8O4/c1-14(23(2,3)33)25-20(32)19-26-21(28-22(27-19)35-13-12-34-4)31-10-7-15(8-11-31)17-16-6-5-9-24-18(16)30-29-17/h5-6,9,14-15,33H,7-8,10-13H2,1-4H3,(H,25,32)(H,24,29,30). The quantitative estimate of drug-likeness (QED) is 0.381. The van der Waals surface area contributed by atoms with Gasteiger partial charge in [0, 0.05) is 43.4 Å². The highest BCUT2D eigenvalue weighted by molar-refractivity contribution is 5.91. The lowest BCUT2D eigenvalue weighted by molar-refractivity contribution is 0.0405. The van der Waals surface area contributed by atoms with Gasteiger partial charge in [0.2, 0.25) is 11.8 Å². The third kappa shape index (κ3) is 5.82. The molecule has 188 valence electrons. The first kappa shape index (κ1) is 24.7. The molecule has 0 bridgehead atoms. The van der Waals surface area contributed by atoms with Crippen LogP contribution in [0.1, 0.15) is 55.8 Å². The first-order valence-electron chi connectivity index (χ1n) is 11.7. The first-order valence-corrected chi connectivity index (χ1v) is 11.7. The number of methoxy groups -OCH3 is 1. The molecule has 1 unspecified atom stereocenters. The summed E-state index contributed by atoms with van der Waals surface area (Å²) in [6.45, 7) is 6.94. The molecular weight excluding hydrogens is 452 g/mol. The number of nitrogens with one attached hydrogen (secondary N) is 2. The minimum Gasteiger partial charge on any atom is -0.461 e. The molecule has 1 amide bonds. The maximum Gasteiger partial charge on any atom is 0.322 e. The van der Waals surface area contributed by atoms with Crippen LogP contribution in [0.2, 0.25) is 0 Å². The Morgan fingerprint density at radius 1 is 1.29 bits per heavy atom. The summed E-state index contributed by atoms with van der Waals surface area (Å²) >= 11 is 0. The number of carbonyl (C=O) groups excluding carboxylic acids is 1. The highest BCUT2D eigenvalue weighted by atomic mass is 16.5. The average Bonchev–Trinajstić information content (AvgIpc) is 3.28. The predicted octanol–water partition coefficient (Wildman–Crippen LogP) is 1.44. The van der Waals surface area contributed by atoms with Gasteiger partial charge in [-0.25, -0.2) is 4.98 Å². The summed E-state index contributed by atoms with van der Waals surface area (Å²) < 4.78 is 10.6. The van der Waals surface area contributed by atoms with Gasteiger partial charge in [-0.2, -0.15) is 20.1 Å². The monoisotopic (exact) mass is 484 g/mol. The van der Waals surface area contributed by atoms with E-state index in [9.17, 15) is 9.90 Å². The Bertz CT molecular complexity index is 1150. The third-order valence-corrected chi connectivity index (χ3v) is 6.28. The number of anilines is 1. The lowest BCUT2D eigenvalue weighted by atomic mass is 9.92. The van der Waals surface area contributed by atoms with Crippen LogP contribution in [0.3, 0.4) is 0 Å². The molecule has 0 saturated carbocycles. The highest BCUT2D eigenvalue weighted by Crippen LogP contribution is 2.32. The summed E-state index contributed by atoms with van der Waals surface area (Å²) in [5, 5.41) is 21.4. The second-order valence-electron chi connectivity index (χ2n) is 9.20. The SMILES string of the molecule is COCCOc1nc(C(=O)NC(C)C(C)(C)O)nc(N2CCC(c3[nH]nc4ncccc34)CC2)n1. The van der Waals surface area contributed by atoms with Crippen molar-refractivity contribution in [2.45, 2.75) is 51.2 Å². The van der Waals surface area contributed by atoms with Crippen LogP contribution in [-0.2, 0) is 4.74 Å². The van der Waals surface area contributed by atoms with Crippen molar-refractivity contribution in [1.82, 2.24) is 35.5 Å². The molecule has 0 radical (unpaired) electrons. The molecular formula is C23H32N8O4. The molecule has 3 N–H and O–H groups in total. The number of rotatable bonds is 9. The van der Waals surface area contributed by atoms with Crippen molar-refractivity contribution in [3.8, 4) is 6.01 Å². The minimum absolute atomic E-state index is 0.0564. The number of nitrogens with zero attached hydrogens (tertiary/aromatic N) is 6. The van der Waals surface area contributed by atoms with Crippen LogP contribution >= 0.6 is 0 Å². The van der Waals surface area contributed by atoms with Crippen LogP contribution in [-0.4, -0.2) is 86.2 Å². The van der Waals surface area contributed by atoms with Gasteiger partial charge in [-0.05, 0) is 45.7 Å². The lowest BCUT2D eigenvalue weighted by Gasteiger charge is -2.31. The molecule has 1 fully saturated rings. The Morgan fingerprint density at radius 2 is 2.06 bits per heavy atom. The maximum absolute atomic E-state index is 12.9. The lowest BCUT2D eigenvalue weighted by Crippen LogP contribution is -2.47. The Balaban J connectivity index is 1.51. The van der Waals surface area contributed by atoms with Crippen molar-refractivity contribution in [1.29, 1.82) is 0 Å². The Kier molecular flexibility index (Phi) is 7.41. The maximum atomic E-state index is 12.9. The van der Waals surface area contributed by atoms with Gasteiger partial charge in [0.15, 0.2) is 5.65 Å². The van der Waals surface area contributed by atoms with Gasteiger partial charge in [0.25, 0.3) is 5.91 Å². The molecule has 4 rings (SSSR count). The average molecular weight is 485 g/mol. The first-order chi connectivity index (χ1) is 16.8. The molecule has 1 aliphatic heterocycles. The van der Waals surface area contributed by atoms with Gasteiger partial charge >= 0.3 is 6.01 Å². The number of aromatic amines is 1. The topological polar surface area (TPSA) is 151 Å². The van der Waals surface area contributed by atoms with Gasteiger partial charge in [-0.3, -0.25) is 9.89 Å². The number of H-pyrrole nitrogens is 1. The number of hydrogen-bond acceptors (Lipinski definition) is 10. The summed E-state index contributed by atoms with van der Waals surface area (Å²) in [4.78, 5) is 32.2. The largest absolute Gasteiger partial charge is 0.461 e. The van der Waals surface area contributed by atoms with Gasteiger partial charge in [0.05, 0.1) is 18.2 Å². The van der Waals surface area contributed by atoms with E-state index in [2.05, 4.69) is 35.5 Å². The number of amides is 1. The molecule has 1 aliphatic rings. The summed E-state index contributed by atoms with van der Waals surface area (Å²) in [5.41, 5.74) is 0.709. The molecule has 35 heavy (non-hydrogen) atoms. The highest BCUT2D eigenvalue weighted by Gasteiger charge is 2.29.